The van der Waals surface area contributed by atoms with Gasteiger partial charge in [0, 0.05) is 27.1 Å². The van der Waals surface area contributed by atoms with Crippen LogP contribution in [-0.4, -0.2) is 10.9 Å². The third-order valence-electron chi connectivity index (χ3n) is 5.02. The molecule has 2 N–H and O–H groups in total. The van der Waals surface area contributed by atoms with Gasteiger partial charge in [-0.15, -0.1) is 22.7 Å². The standard InChI is InChI=1S/C24H23N3OS2/c1-15-11-12-25-20(14-15)26-22(19-10-7-13-29-19)21-16(2)17(3)30-24(21)27-23(28)18-8-5-4-6-9-18/h4-14,22H,1-3H3,(H,25,26)(H,27,28)/t22-/m0/s1. The van der Waals surface area contributed by atoms with E-state index < -0.39 is 0 Å². The van der Waals surface area contributed by atoms with E-state index in [9.17, 15) is 4.79 Å². The van der Waals surface area contributed by atoms with E-state index in [0.29, 0.717) is 5.56 Å². The first-order valence-corrected chi connectivity index (χ1v) is 11.4. The molecule has 0 aliphatic carbocycles. The summed E-state index contributed by atoms with van der Waals surface area (Å²) in [4.78, 5) is 19.7. The molecule has 4 rings (SSSR count). The fraction of sp³-hybridized carbons (Fsp3) is 0.167. The van der Waals surface area contributed by atoms with E-state index in [2.05, 4.69) is 53.9 Å². The Morgan fingerprint density at radius 3 is 2.53 bits per heavy atom. The number of pyridine rings is 1. The van der Waals surface area contributed by atoms with Crippen LogP contribution in [0.5, 0.6) is 0 Å². The molecule has 6 heteroatoms. The highest BCUT2D eigenvalue weighted by Crippen LogP contribution is 2.42. The number of hydrogen-bond donors (Lipinski definition) is 2. The highest BCUT2D eigenvalue weighted by Gasteiger charge is 2.25. The van der Waals surface area contributed by atoms with Crippen LogP contribution in [0.15, 0.2) is 66.2 Å². The van der Waals surface area contributed by atoms with Crippen molar-refractivity contribution in [1.29, 1.82) is 0 Å². The van der Waals surface area contributed by atoms with Gasteiger partial charge >= 0.3 is 0 Å². The van der Waals surface area contributed by atoms with E-state index in [0.717, 1.165) is 21.9 Å². The molecule has 0 aliphatic heterocycles. The van der Waals surface area contributed by atoms with Gasteiger partial charge in [0.05, 0.1) is 6.04 Å². The van der Waals surface area contributed by atoms with Gasteiger partial charge in [-0.1, -0.05) is 24.3 Å². The summed E-state index contributed by atoms with van der Waals surface area (Å²) < 4.78 is 0. The average molecular weight is 434 g/mol. The highest BCUT2D eigenvalue weighted by molar-refractivity contribution is 7.16. The van der Waals surface area contributed by atoms with Crippen molar-refractivity contribution in [3.05, 3.63) is 98.2 Å². The Balaban J connectivity index is 1.74. The predicted molar refractivity (Wildman–Crippen MR) is 127 cm³/mol. The van der Waals surface area contributed by atoms with Crippen LogP contribution in [0.1, 0.15) is 42.8 Å². The first kappa shape index (κ1) is 20.3. The van der Waals surface area contributed by atoms with Gasteiger partial charge in [-0.05, 0) is 67.6 Å². The lowest BCUT2D eigenvalue weighted by Crippen LogP contribution is -2.17. The average Bonchev–Trinajstić information content (AvgIpc) is 3.36. The quantitative estimate of drug-likeness (QED) is 0.361. The Hall–Kier alpha value is -2.96. The van der Waals surface area contributed by atoms with Crippen LogP contribution in [0, 0.1) is 20.8 Å². The zero-order valence-electron chi connectivity index (χ0n) is 17.1. The summed E-state index contributed by atoms with van der Waals surface area (Å²) in [7, 11) is 0. The van der Waals surface area contributed by atoms with E-state index in [-0.39, 0.29) is 11.9 Å². The summed E-state index contributed by atoms with van der Waals surface area (Å²) in [5.74, 6) is 0.716. The fourth-order valence-electron chi connectivity index (χ4n) is 3.35. The maximum absolute atomic E-state index is 12.9. The predicted octanol–water partition coefficient (Wildman–Crippen LogP) is 6.58. The van der Waals surface area contributed by atoms with Gasteiger partial charge in [0.1, 0.15) is 10.8 Å². The van der Waals surface area contributed by atoms with Gasteiger partial charge in [-0.25, -0.2) is 4.98 Å². The Labute approximate surface area is 184 Å². The summed E-state index contributed by atoms with van der Waals surface area (Å²) >= 11 is 3.31. The number of anilines is 2. The molecule has 0 fully saturated rings. The lowest BCUT2D eigenvalue weighted by atomic mass is 10.0. The molecule has 152 valence electrons. The van der Waals surface area contributed by atoms with Crippen LogP contribution in [0.3, 0.4) is 0 Å². The summed E-state index contributed by atoms with van der Waals surface area (Å²) in [6.07, 6.45) is 1.81. The smallest absolute Gasteiger partial charge is 0.256 e. The Morgan fingerprint density at radius 1 is 1.03 bits per heavy atom. The van der Waals surface area contributed by atoms with Gasteiger partial charge in [-0.3, -0.25) is 4.79 Å². The second kappa shape index (κ2) is 8.81. The number of aryl methyl sites for hydroxylation is 2. The number of benzene rings is 1. The Kier molecular flexibility index (Phi) is 5.97. The molecule has 1 aromatic carbocycles. The maximum Gasteiger partial charge on any atom is 0.256 e. The van der Waals surface area contributed by atoms with Gasteiger partial charge < -0.3 is 10.6 Å². The molecule has 1 amide bonds. The van der Waals surface area contributed by atoms with E-state index in [1.165, 1.54) is 15.3 Å². The Morgan fingerprint density at radius 2 is 1.83 bits per heavy atom. The van der Waals surface area contributed by atoms with E-state index in [4.69, 9.17) is 0 Å². The highest BCUT2D eigenvalue weighted by atomic mass is 32.1. The lowest BCUT2D eigenvalue weighted by molar-refractivity contribution is 0.102. The number of aromatic nitrogens is 1. The van der Waals surface area contributed by atoms with E-state index >= 15 is 0 Å². The minimum Gasteiger partial charge on any atom is -0.358 e. The Bertz CT molecular complexity index is 1150. The zero-order chi connectivity index (χ0) is 21.1. The van der Waals surface area contributed by atoms with Gasteiger partial charge in [0.15, 0.2) is 0 Å². The van der Waals surface area contributed by atoms with Crippen molar-refractivity contribution in [3.63, 3.8) is 0 Å². The monoisotopic (exact) mass is 433 g/mol. The number of hydrogen-bond acceptors (Lipinski definition) is 5. The van der Waals surface area contributed by atoms with E-state index in [1.807, 2.05) is 48.7 Å². The molecular weight excluding hydrogens is 410 g/mol. The van der Waals surface area contributed by atoms with Crippen molar-refractivity contribution in [2.24, 2.45) is 0 Å². The molecule has 0 saturated carbocycles. The number of carbonyl (C=O) groups is 1. The van der Waals surface area contributed by atoms with Crippen molar-refractivity contribution in [2.75, 3.05) is 10.6 Å². The first-order chi connectivity index (χ1) is 14.5. The normalized spacial score (nSPS) is 11.8. The second-order valence-corrected chi connectivity index (χ2v) is 9.36. The van der Waals surface area contributed by atoms with Crippen LogP contribution in [0.25, 0.3) is 0 Å². The van der Waals surface area contributed by atoms with Crippen LogP contribution in [-0.2, 0) is 0 Å². The summed E-state index contributed by atoms with van der Waals surface area (Å²) in [6.45, 7) is 6.27. The number of thiophene rings is 2. The molecular formula is C24H23N3OS2. The van der Waals surface area contributed by atoms with Crippen molar-refractivity contribution in [3.8, 4) is 0 Å². The summed E-state index contributed by atoms with van der Waals surface area (Å²) in [5, 5.41) is 9.70. The molecule has 3 heterocycles. The molecule has 0 saturated heterocycles. The molecule has 0 radical (unpaired) electrons. The van der Waals surface area contributed by atoms with Gasteiger partial charge in [0.25, 0.3) is 5.91 Å². The minimum absolute atomic E-state index is 0.100. The van der Waals surface area contributed by atoms with Crippen molar-refractivity contribution in [1.82, 2.24) is 4.98 Å². The molecule has 0 unspecified atom stereocenters. The second-order valence-electron chi connectivity index (χ2n) is 7.16. The molecule has 3 aromatic heterocycles. The lowest BCUT2D eigenvalue weighted by Gasteiger charge is -2.21. The number of amides is 1. The third-order valence-corrected chi connectivity index (χ3v) is 7.09. The van der Waals surface area contributed by atoms with E-state index in [1.54, 1.807) is 22.7 Å². The number of rotatable bonds is 6. The molecule has 1 atom stereocenters. The number of nitrogens with zero attached hydrogens (tertiary/aromatic N) is 1. The van der Waals surface area contributed by atoms with Crippen LogP contribution < -0.4 is 10.6 Å². The summed E-state index contributed by atoms with van der Waals surface area (Å²) in [6, 6.07) is 17.4. The molecule has 30 heavy (non-hydrogen) atoms. The first-order valence-electron chi connectivity index (χ1n) is 9.72. The fourth-order valence-corrected chi connectivity index (χ4v) is 5.23. The zero-order valence-corrected chi connectivity index (χ0v) is 18.7. The van der Waals surface area contributed by atoms with Crippen LogP contribution in [0.2, 0.25) is 0 Å². The molecule has 0 aliphatic rings. The van der Waals surface area contributed by atoms with Gasteiger partial charge in [0.2, 0.25) is 0 Å². The van der Waals surface area contributed by atoms with Crippen LogP contribution >= 0.6 is 22.7 Å². The summed E-state index contributed by atoms with van der Waals surface area (Å²) in [5.41, 5.74) is 4.07. The molecule has 0 bridgehead atoms. The van der Waals surface area contributed by atoms with Crippen molar-refractivity contribution in [2.45, 2.75) is 26.8 Å². The van der Waals surface area contributed by atoms with Crippen molar-refractivity contribution < 1.29 is 4.79 Å². The SMILES string of the molecule is Cc1ccnc(N[C@@H](c2cccs2)c2c(NC(=O)c3ccccc3)sc(C)c2C)c1. The number of nitrogens with one attached hydrogen (secondary N) is 2. The third kappa shape index (κ3) is 4.30. The minimum atomic E-state index is -0.102. The largest absolute Gasteiger partial charge is 0.358 e. The molecule has 0 spiro atoms. The molecule has 4 aromatic rings. The number of carbonyl (C=O) groups excluding carboxylic acids is 1. The molecule has 4 nitrogen and oxygen atoms in total. The van der Waals surface area contributed by atoms with Crippen molar-refractivity contribution >= 4 is 39.4 Å². The van der Waals surface area contributed by atoms with Gasteiger partial charge in [-0.2, -0.15) is 0 Å². The van der Waals surface area contributed by atoms with Crippen LogP contribution in [0.4, 0.5) is 10.8 Å². The maximum atomic E-state index is 12.9. The topological polar surface area (TPSA) is 54.0 Å².